The van der Waals surface area contributed by atoms with Gasteiger partial charge in [-0.3, -0.25) is 4.68 Å². The maximum atomic E-state index is 6.19. The number of halogens is 1. The zero-order valence-corrected chi connectivity index (χ0v) is 13.0. The third kappa shape index (κ3) is 2.65. The molecule has 0 amide bonds. The highest BCUT2D eigenvalue weighted by Gasteiger charge is 2.13. The van der Waals surface area contributed by atoms with E-state index in [0.29, 0.717) is 6.54 Å². The van der Waals surface area contributed by atoms with Crippen LogP contribution in [0, 0.1) is 0 Å². The Labute approximate surface area is 128 Å². The van der Waals surface area contributed by atoms with Crippen molar-refractivity contribution in [2.75, 3.05) is 0 Å². The Hall–Kier alpha value is -1.88. The molecule has 1 unspecified atom stereocenters. The molecule has 0 bridgehead atoms. The summed E-state index contributed by atoms with van der Waals surface area (Å²) in [5.41, 5.74) is 2.98. The fourth-order valence-corrected chi connectivity index (χ4v) is 2.55. The van der Waals surface area contributed by atoms with Crippen molar-refractivity contribution in [2.24, 2.45) is 0 Å². The topological polar surface area (TPSA) is 48.5 Å². The molecule has 0 aliphatic carbocycles. The van der Waals surface area contributed by atoms with E-state index in [0.717, 1.165) is 35.3 Å². The summed E-state index contributed by atoms with van der Waals surface area (Å²) in [6.45, 7) is 5.58. The number of hydrogen-bond donors (Lipinski definition) is 0. The Balaban J connectivity index is 1.93. The quantitative estimate of drug-likeness (QED) is 0.679. The Morgan fingerprint density at radius 1 is 1.24 bits per heavy atom. The van der Waals surface area contributed by atoms with Crippen molar-refractivity contribution in [2.45, 2.75) is 38.7 Å². The molecule has 0 aliphatic rings. The average molecular weight is 304 g/mol. The number of aryl methyl sites for hydroxylation is 1. The molecule has 0 N–H and O–H groups in total. The molecular weight excluding hydrogens is 286 g/mol. The van der Waals surface area contributed by atoms with Gasteiger partial charge < -0.3 is 0 Å². The van der Waals surface area contributed by atoms with E-state index in [2.05, 4.69) is 34.5 Å². The molecule has 21 heavy (non-hydrogen) atoms. The maximum absolute atomic E-state index is 6.19. The van der Waals surface area contributed by atoms with Crippen LogP contribution in [0.15, 0.2) is 30.5 Å². The summed E-state index contributed by atoms with van der Waals surface area (Å²) in [7, 11) is 0. The van der Waals surface area contributed by atoms with Crippen LogP contribution in [0.3, 0.4) is 0 Å². The van der Waals surface area contributed by atoms with Crippen molar-refractivity contribution in [3.63, 3.8) is 0 Å². The lowest BCUT2D eigenvalue weighted by Crippen LogP contribution is -2.03. The van der Waals surface area contributed by atoms with Crippen LogP contribution in [0.2, 0.25) is 0 Å². The van der Waals surface area contributed by atoms with Crippen LogP contribution in [-0.4, -0.2) is 24.8 Å². The van der Waals surface area contributed by atoms with E-state index in [1.807, 2.05) is 29.9 Å². The number of alkyl halides is 1. The third-order valence-corrected chi connectivity index (χ3v) is 4.11. The van der Waals surface area contributed by atoms with Crippen LogP contribution in [0.4, 0.5) is 0 Å². The highest BCUT2D eigenvalue weighted by atomic mass is 35.5. The first-order valence-corrected chi connectivity index (χ1v) is 7.65. The van der Waals surface area contributed by atoms with Crippen LogP contribution < -0.4 is 0 Å². The standard InChI is InChI=1S/C15H18ClN5/c1-3-12(16)14-10-20(19-17-14)9-13-11-7-5-6-8-15(11)21(4-2)18-13/h5-8,10,12H,3-4,9H2,1-2H3. The summed E-state index contributed by atoms with van der Waals surface area (Å²) in [5.74, 6) is 0. The molecule has 5 nitrogen and oxygen atoms in total. The molecule has 0 radical (unpaired) electrons. The first-order valence-electron chi connectivity index (χ1n) is 7.21. The van der Waals surface area contributed by atoms with Crippen LogP contribution in [0.1, 0.15) is 37.0 Å². The second-order valence-electron chi connectivity index (χ2n) is 5.00. The predicted octanol–water partition coefficient (Wildman–Crippen LogP) is 3.39. The van der Waals surface area contributed by atoms with Crippen molar-refractivity contribution in [1.82, 2.24) is 24.8 Å². The number of benzene rings is 1. The van der Waals surface area contributed by atoms with Gasteiger partial charge in [-0.15, -0.1) is 16.7 Å². The number of para-hydroxylation sites is 1. The fraction of sp³-hybridized carbons (Fsp3) is 0.400. The van der Waals surface area contributed by atoms with Gasteiger partial charge >= 0.3 is 0 Å². The Morgan fingerprint density at radius 3 is 2.81 bits per heavy atom. The van der Waals surface area contributed by atoms with E-state index < -0.39 is 0 Å². The maximum Gasteiger partial charge on any atom is 0.101 e. The van der Waals surface area contributed by atoms with Crippen LogP contribution >= 0.6 is 11.6 Å². The molecule has 3 rings (SSSR count). The van der Waals surface area contributed by atoms with Crippen molar-refractivity contribution in [1.29, 1.82) is 0 Å². The van der Waals surface area contributed by atoms with E-state index in [-0.39, 0.29) is 5.38 Å². The summed E-state index contributed by atoms with van der Waals surface area (Å²) in [5, 5.41) is 14.0. The van der Waals surface area contributed by atoms with E-state index >= 15 is 0 Å². The van der Waals surface area contributed by atoms with Gasteiger partial charge in [0.25, 0.3) is 0 Å². The molecular formula is C15H18ClN5. The van der Waals surface area contributed by atoms with Gasteiger partial charge in [0.1, 0.15) is 5.69 Å². The molecule has 1 atom stereocenters. The molecule has 0 saturated heterocycles. The SMILES string of the molecule is CCC(Cl)c1cn(Cc2nn(CC)c3ccccc23)nn1. The third-order valence-electron chi connectivity index (χ3n) is 3.58. The lowest BCUT2D eigenvalue weighted by Gasteiger charge is -1.99. The number of fused-ring (bicyclic) bond motifs is 1. The van der Waals surface area contributed by atoms with E-state index in [4.69, 9.17) is 11.6 Å². The molecule has 2 heterocycles. The first-order chi connectivity index (χ1) is 10.2. The van der Waals surface area contributed by atoms with Crippen LogP contribution in [0.5, 0.6) is 0 Å². The summed E-state index contributed by atoms with van der Waals surface area (Å²) in [4.78, 5) is 0. The van der Waals surface area contributed by atoms with Gasteiger partial charge in [-0.1, -0.05) is 30.3 Å². The minimum Gasteiger partial charge on any atom is -0.265 e. The zero-order valence-electron chi connectivity index (χ0n) is 12.2. The van der Waals surface area contributed by atoms with Crippen LogP contribution in [-0.2, 0) is 13.1 Å². The van der Waals surface area contributed by atoms with Crippen molar-refractivity contribution < 1.29 is 0 Å². The zero-order chi connectivity index (χ0) is 14.8. The van der Waals surface area contributed by atoms with Gasteiger partial charge in [0.2, 0.25) is 0 Å². The Kier molecular flexibility index (Phi) is 3.92. The van der Waals surface area contributed by atoms with Crippen LogP contribution in [0.25, 0.3) is 10.9 Å². The highest BCUT2D eigenvalue weighted by Crippen LogP contribution is 2.22. The van der Waals surface area contributed by atoms with Gasteiger partial charge in [-0.05, 0) is 19.4 Å². The minimum absolute atomic E-state index is 0.0799. The van der Waals surface area contributed by atoms with Crippen molar-refractivity contribution in [3.8, 4) is 0 Å². The number of hydrogen-bond acceptors (Lipinski definition) is 3. The number of nitrogens with zero attached hydrogens (tertiary/aromatic N) is 5. The molecule has 6 heteroatoms. The van der Waals surface area contributed by atoms with Gasteiger partial charge in [0.15, 0.2) is 0 Å². The summed E-state index contributed by atoms with van der Waals surface area (Å²) in [6.07, 6.45) is 2.74. The second-order valence-corrected chi connectivity index (χ2v) is 5.52. The summed E-state index contributed by atoms with van der Waals surface area (Å²) < 4.78 is 3.81. The molecule has 2 aromatic heterocycles. The molecule has 0 spiro atoms. The van der Waals surface area contributed by atoms with Gasteiger partial charge in [0, 0.05) is 11.9 Å². The van der Waals surface area contributed by atoms with Gasteiger partial charge in [-0.25, -0.2) is 4.68 Å². The molecule has 0 saturated carbocycles. The molecule has 0 fully saturated rings. The largest absolute Gasteiger partial charge is 0.265 e. The average Bonchev–Trinajstić information content (AvgIpc) is 3.12. The Bertz CT molecular complexity index is 745. The smallest absolute Gasteiger partial charge is 0.101 e. The number of rotatable bonds is 5. The van der Waals surface area contributed by atoms with E-state index in [1.54, 1.807) is 4.68 Å². The van der Waals surface area contributed by atoms with E-state index in [1.165, 1.54) is 0 Å². The first kappa shape index (κ1) is 14.1. The summed E-state index contributed by atoms with van der Waals surface area (Å²) >= 11 is 6.19. The number of aromatic nitrogens is 5. The second kappa shape index (κ2) is 5.85. The van der Waals surface area contributed by atoms with Gasteiger partial charge in [0.05, 0.1) is 29.3 Å². The monoisotopic (exact) mass is 303 g/mol. The lowest BCUT2D eigenvalue weighted by molar-refractivity contribution is 0.611. The normalized spacial score (nSPS) is 12.9. The van der Waals surface area contributed by atoms with Crippen molar-refractivity contribution in [3.05, 3.63) is 41.9 Å². The molecule has 0 aliphatic heterocycles. The molecule has 1 aromatic carbocycles. The Morgan fingerprint density at radius 2 is 2.05 bits per heavy atom. The lowest BCUT2D eigenvalue weighted by atomic mass is 10.2. The minimum atomic E-state index is -0.0799. The fourth-order valence-electron chi connectivity index (χ4n) is 2.45. The summed E-state index contributed by atoms with van der Waals surface area (Å²) in [6, 6.07) is 8.26. The van der Waals surface area contributed by atoms with Crippen molar-refractivity contribution >= 4 is 22.5 Å². The van der Waals surface area contributed by atoms with Gasteiger partial charge in [-0.2, -0.15) is 5.10 Å². The molecule has 110 valence electrons. The highest BCUT2D eigenvalue weighted by molar-refractivity contribution is 6.20. The molecule has 3 aromatic rings. The predicted molar refractivity (Wildman–Crippen MR) is 83.4 cm³/mol. The van der Waals surface area contributed by atoms with E-state index in [9.17, 15) is 0 Å².